The van der Waals surface area contributed by atoms with E-state index in [2.05, 4.69) is 36.4 Å². The van der Waals surface area contributed by atoms with Crippen LogP contribution in [0.3, 0.4) is 0 Å². The number of hydrogen-bond acceptors (Lipinski definition) is 4. The summed E-state index contributed by atoms with van der Waals surface area (Å²) in [6.45, 7) is 2.02. The fraction of sp³-hybridized carbons (Fsp3) is 0.250. The van der Waals surface area contributed by atoms with Crippen molar-refractivity contribution in [3.63, 3.8) is 0 Å². The van der Waals surface area contributed by atoms with E-state index < -0.39 is 0 Å². The number of nitrogens with one attached hydrogen (secondary N) is 2. The summed E-state index contributed by atoms with van der Waals surface area (Å²) in [6, 6.07) is 3.96. The predicted octanol–water partition coefficient (Wildman–Crippen LogP) is 2.98. The van der Waals surface area contributed by atoms with Gasteiger partial charge in [-0.15, -0.1) is 0 Å². The van der Waals surface area contributed by atoms with Gasteiger partial charge in [0.25, 0.3) is 0 Å². The summed E-state index contributed by atoms with van der Waals surface area (Å²) in [7, 11) is 3.21. The first kappa shape index (κ1) is 13.8. The van der Waals surface area contributed by atoms with Crippen LogP contribution in [0.25, 0.3) is 6.08 Å². The summed E-state index contributed by atoms with van der Waals surface area (Å²) in [6.07, 6.45) is 3.14. The molecule has 0 amide bonds. The zero-order valence-electron chi connectivity index (χ0n) is 10.0. The first-order valence-electron chi connectivity index (χ1n) is 5.08. The Labute approximate surface area is 115 Å². The molecule has 0 saturated heterocycles. The quantitative estimate of drug-likeness (QED) is 0.381. The lowest BCUT2D eigenvalue weighted by Crippen LogP contribution is -1.99. The van der Waals surface area contributed by atoms with Gasteiger partial charge in [0.05, 0.1) is 41.3 Å². The van der Waals surface area contributed by atoms with Crippen molar-refractivity contribution in [2.45, 2.75) is 6.92 Å². The number of halogens is 1. The molecule has 0 radical (unpaired) electrons. The number of benzene rings is 1. The molecule has 0 spiro atoms. The van der Waals surface area contributed by atoms with Gasteiger partial charge in [-0.25, -0.2) is 4.79 Å². The highest BCUT2D eigenvalue weighted by atomic mass is 127. The first-order valence-corrected chi connectivity index (χ1v) is 6.16. The minimum atomic E-state index is -0.364. The van der Waals surface area contributed by atoms with Crippen LogP contribution in [0.2, 0.25) is 0 Å². The molecule has 0 aliphatic heterocycles. The van der Waals surface area contributed by atoms with Crippen molar-refractivity contribution in [1.82, 2.24) is 0 Å². The van der Waals surface area contributed by atoms with Crippen LogP contribution >= 0.6 is 22.9 Å². The van der Waals surface area contributed by atoms with Gasteiger partial charge in [-0.05, 0) is 24.1 Å². The molecule has 5 heteroatoms. The second kappa shape index (κ2) is 6.48. The molecule has 4 nitrogen and oxygen atoms in total. The molecule has 92 valence electrons. The van der Waals surface area contributed by atoms with Gasteiger partial charge >= 0.3 is 5.97 Å². The average Bonchev–Trinajstić information content (AvgIpc) is 2.36. The minimum absolute atomic E-state index is 0.364. The van der Waals surface area contributed by atoms with Gasteiger partial charge in [0, 0.05) is 13.1 Å². The van der Waals surface area contributed by atoms with Crippen molar-refractivity contribution in [3.8, 4) is 0 Å². The molecule has 1 aromatic carbocycles. The molecule has 1 rings (SSSR count). The number of methoxy groups -OCH3 is 1. The lowest BCUT2D eigenvalue weighted by molar-refractivity contribution is -0.134. The van der Waals surface area contributed by atoms with Crippen LogP contribution < -0.4 is 8.85 Å². The zero-order chi connectivity index (χ0) is 12.8. The van der Waals surface area contributed by atoms with Gasteiger partial charge in [0.2, 0.25) is 0 Å². The summed E-state index contributed by atoms with van der Waals surface area (Å²) in [5, 5.41) is 3.13. The van der Waals surface area contributed by atoms with Crippen LogP contribution in [0.5, 0.6) is 0 Å². The van der Waals surface area contributed by atoms with E-state index >= 15 is 0 Å². The summed E-state index contributed by atoms with van der Waals surface area (Å²) < 4.78 is 7.68. The number of carbonyl (C=O) groups excluding carboxylic acids is 1. The van der Waals surface area contributed by atoms with Crippen molar-refractivity contribution >= 4 is 46.3 Å². The number of anilines is 2. The molecule has 0 heterocycles. The fourth-order valence-electron chi connectivity index (χ4n) is 1.48. The Hall–Kier alpha value is -1.24. The number of ether oxygens (including phenoxy) is 1. The zero-order valence-corrected chi connectivity index (χ0v) is 12.2. The Morgan fingerprint density at radius 1 is 1.41 bits per heavy atom. The topological polar surface area (TPSA) is 50.4 Å². The molecule has 17 heavy (non-hydrogen) atoms. The van der Waals surface area contributed by atoms with Crippen LogP contribution in [-0.4, -0.2) is 20.1 Å². The van der Waals surface area contributed by atoms with Crippen LogP contribution in [0, 0.1) is 6.92 Å². The third-order valence-corrected chi connectivity index (χ3v) is 2.93. The van der Waals surface area contributed by atoms with E-state index in [1.807, 2.05) is 26.1 Å². The van der Waals surface area contributed by atoms with Gasteiger partial charge < -0.3 is 13.6 Å². The van der Waals surface area contributed by atoms with Crippen molar-refractivity contribution < 1.29 is 9.53 Å². The SMILES string of the molecule is CNc1c(/C=C/C(=O)OC)ccc(C)c1NI. The van der Waals surface area contributed by atoms with E-state index in [1.165, 1.54) is 13.2 Å². The van der Waals surface area contributed by atoms with Crippen molar-refractivity contribution in [3.05, 3.63) is 29.3 Å². The smallest absolute Gasteiger partial charge is 0.330 e. The van der Waals surface area contributed by atoms with Gasteiger partial charge in [0.15, 0.2) is 0 Å². The molecule has 0 aliphatic rings. The summed E-state index contributed by atoms with van der Waals surface area (Å²) in [4.78, 5) is 11.1. The third kappa shape index (κ3) is 3.36. The minimum Gasteiger partial charge on any atom is -0.466 e. The second-order valence-electron chi connectivity index (χ2n) is 3.42. The molecular weight excluding hydrogens is 331 g/mol. The predicted molar refractivity (Wildman–Crippen MR) is 79.4 cm³/mol. The van der Waals surface area contributed by atoms with E-state index in [4.69, 9.17) is 0 Å². The molecule has 0 aliphatic carbocycles. The molecule has 2 N–H and O–H groups in total. The number of carbonyl (C=O) groups is 1. The van der Waals surface area contributed by atoms with E-state index in [-0.39, 0.29) is 5.97 Å². The summed E-state index contributed by atoms with van der Waals surface area (Å²) in [5.41, 5.74) is 4.04. The molecule has 0 fully saturated rings. The molecule has 0 bridgehead atoms. The van der Waals surface area contributed by atoms with Gasteiger partial charge in [-0.3, -0.25) is 0 Å². The lowest BCUT2D eigenvalue weighted by atomic mass is 10.1. The van der Waals surface area contributed by atoms with Crippen molar-refractivity contribution in [1.29, 1.82) is 0 Å². The van der Waals surface area contributed by atoms with Gasteiger partial charge in [0.1, 0.15) is 0 Å². The normalized spacial score (nSPS) is 10.4. The first-order chi connectivity index (χ1) is 8.13. The van der Waals surface area contributed by atoms with E-state index in [1.54, 1.807) is 6.08 Å². The number of rotatable bonds is 4. The molecule has 1 aromatic rings. The maximum Gasteiger partial charge on any atom is 0.330 e. The Morgan fingerprint density at radius 3 is 2.65 bits per heavy atom. The van der Waals surface area contributed by atoms with Gasteiger partial charge in [-0.2, -0.15) is 0 Å². The Morgan fingerprint density at radius 2 is 2.12 bits per heavy atom. The van der Waals surface area contributed by atoms with Crippen molar-refractivity contribution in [2.75, 3.05) is 23.0 Å². The maximum absolute atomic E-state index is 11.1. The van der Waals surface area contributed by atoms with E-state index in [9.17, 15) is 4.79 Å². The molecule has 0 aromatic heterocycles. The molecular formula is C12H15IN2O2. The number of aryl methyl sites for hydroxylation is 1. The standard InChI is InChI=1S/C12H15IN2O2/c1-8-4-5-9(6-7-10(16)17-3)12(14-2)11(8)15-13/h4-7,14-15H,1-3H3/b7-6+. The van der Waals surface area contributed by atoms with E-state index in [0.29, 0.717) is 0 Å². The van der Waals surface area contributed by atoms with Crippen LogP contribution in [0.4, 0.5) is 11.4 Å². The number of esters is 1. The Balaban J connectivity index is 3.16. The van der Waals surface area contributed by atoms with Crippen LogP contribution in [-0.2, 0) is 9.53 Å². The van der Waals surface area contributed by atoms with Crippen LogP contribution in [0.1, 0.15) is 11.1 Å². The maximum atomic E-state index is 11.1. The molecule has 0 atom stereocenters. The van der Waals surface area contributed by atoms with Gasteiger partial charge in [-0.1, -0.05) is 12.1 Å². The Bertz CT molecular complexity index is 444. The highest BCUT2D eigenvalue weighted by molar-refractivity contribution is 14.1. The molecule has 0 unspecified atom stereocenters. The average molecular weight is 346 g/mol. The van der Waals surface area contributed by atoms with Crippen molar-refractivity contribution in [2.24, 2.45) is 0 Å². The third-order valence-electron chi connectivity index (χ3n) is 2.39. The summed E-state index contributed by atoms with van der Waals surface area (Å²) in [5.74, 6) is -0.364. The lowest BCUT2D eigenvalue weighted by Gasteiger charge is -2.13. The highest BCUT2D eigenvalue weighted by Crippen LogP contribution is 2.31. The Kier molecular flexibility index (Phi) is 5.27. The highest BCUT2D eigenvalue weighted by Gasteiger charge is 2.07. The van der Waals surface area contributed by atoms with E-state index in [0.717, 1.165) is 22.5 Å². The molecule has 0 saturated carbocycles. The largest absolute Gasteiger partial charge is 0.466 e. The summed E-state index contributed by atoms with van der Waals surface area (Å²) >= 11 is 2.09. The number of hydrogen-bond donors (Lipinski definition) is 2. The monoisotopic (exact) mass is 346 g/mol. The van der Waals surface area contributed by atoms with Crippen LogP contribution in [0.15, 0.2) is 18.2 Å². The second-order valence-corrected chi connectivity index (χ2v) is 3.96. The fourth-order valence-corrected chi connectivity index (χ4v) is 2.17.